The summed E-state index contributed by atoms with van der Waals surface area (Å²) in [5.74, 6) is -3.58. The minimum absolute atomic E-state index is 0.171. The Bertz CT molecular complexity index is 1850. The first-order valence-corrected chi connectivity index (χ1v) is 14.7. The van der Waals surface area contributed by atoms with Gasteiger partial charge in [-0.25, -0.2) is 9.29 Å². The van der Waals surface area contributed by atoms with Crippen molar-refractivity contribution in [3.63, 3.8) is 0 Å². The second-order valence-electron chi connectivity index (χ2n) is 11.6. The Morgan fingerprint density at radius 3 is 1.23 bits per heavy atom. The van der Waals surface area contributed by atoms with Crippen LogP contribution in [-0.4, -0.2) is 17.6 Å². The molecule has 1 saturated heterocycles. The number of anilines is 1. The van der Waals surface area contributed by atoms with Crippen LogP contribution in [-0.2, 0) is 25.2 Å². The molecule has 0 N–H and O–H groups in total. The SMILES string of the molecule is O=C1[C@H]2[C@H](C(=O)N1c1ccc(F)cc1)[C@@]1(c3ccccc3)C(=O)[C@@]2(c2ccccc2)C(c2ccccc2)=C1c1ccccc1. The second kappa shape index (κ2) is 9.55. The molecular formula is C39H26FNO3. The Balaban J connectivity index is 1.55. The number of carbonyl (C=O) groups is 3. The first kappa shape index (κ1) is 26.2. The normalized spacial score (nSPS) is 25.6. The summed E-state index contributed by atoms with van der Waals surface area (Å²) in [6.07, 6.45) is 0. The molecule has 8 rings (SSSR count). The zero-order chi connectivity index (χ0) is 30.1. The molecule has 2 fully saturated rings. The van der Waals surface area contributed by atoms with Gasteiger partial charge in [-0.2, -0.15) is 0 Å². The maximum atomic E-state index is 15.8. The molecule has 0 spiro atoms. The van der Waals surface area contributed by atoms with Crippen LogP contribution >= 0.6 is 0 Å². The van der Waals surface area contributed by atoms with Crippen molar-refractivity contribution in [1.82, 2.24) is 0 Å². The molecule has 4 nitrogen and oxygen atoms in total. The van der Waals surface area contributed by atoms with Crippen LogP contribution < -0.4 is 4.90 Å². The van der Waals surface area contributed by atoms with Gasteiger partial charge in [0.2, 0.25) is 11.8 Å². The number of fused-ring (bicyclic) bond motifs is 5. The van der Waals surface area contributed by atoms with E-state index in [0.29, 0.717) is 11.1 Å². The van der Waals surface area contributed by atoms with Crippen LogP contribution in [0.2, 0.25) is 0 Å². The van der Waals surface area contributed by atoms with Gasteiger partial charge < -0.3 is 0 Å². The highest BCUT2D eigenvalue weighted by atomic mass is 19.1. The fraction of sp³-hybridized carbons (Fsp3) is 0.103. The van der Waals surface area contributed by atoms with E-state index in [1.54, 1.807) is 0 Å². The Kier molecular flexibility index (Phi) is 5.69. The van der Waals surface area contributed by atoms with Gasteiger partial charge in [-0.3, -0.25) is 14.4 Å². The molecule has 5 aromatic rings. The molecule has 2 aliphatic carbocycles. The smallest absolute Gasteiger partial charge is 0.239 e. The number of hydrogen-bond acceptors (Lipinski definition) is 3. The summed E-state index contributed by atoms with van der Waals surface area (Å²) in [6.45, 7) is 0. The number of ketones is 1. The molecule has 4 atom stereocenters. The lowest BCUT2D eigenvalue weighted by atomic mass is 9.59. The average Bonchev–Trinajstić information content (AvgIpc) is 3.59. The van der Waals surface area contributed by atoms with Crippen LogP contribution in [0.4, 0.5) is 10.1 Å². The largest absolute Gasteiger partial charge is 0.297 e. The summed E-state index contributed by atoms with van der Waals surface area (Å²) in [7, 11) is 0. The van der Waals surface area contributed by atoms with E-state index in [1.807, 2.05) is 121 Å². The Morgan fingerprint density at radius 2 is 0.841 bits per heavy atom. The lowest BCUT2D eigenvalue weighted by molar-refractivity contribution is -0.130. The number of Topliss-reactive ketones (excluding diaryl/α,β-unsaturated/α-hetero) is 1. The average molecular weight is 576 g/mol. The lowest BCUT2D eigenvalue weighted by Gasteiger charge is -2.39. The highest BCUT2D eigenvalue weighted by molar-refractivity contribution is 6.39. The molecular weight excluding hydrogens is 549 g/mol. The minimum atomic E-state index is -1.46. The van der Waals surface area contributed by atoms with Crippen molar-refractivity contribution in [1.29, 1.82) is 0 Å². The van der Waals surface area contributed by atoms with E-state index in [2.05, 4.69) is 0 Å². The number of amides is 2. The third-order valence-electron chi connectivity index (χ3n) is 9.66. The van der Waals surface area contributed by atoms with E-state index in [1.165, 1.54) is 29.2 Å². The van der Waals surface area contributed by atoms with E-state index >= 15 is 4.79 Å². The Hall–Kier alpha value is -5.42. The molecule has 2 bridgehead atoms. The molecule has 1 saturated carbocycles. The van der Waals surface area contributed by atoms with Crippen LogP contribution in [0, 0.1) is 17.7 Å². The molecule has 212 valence electrons. The van der Waals surface area contributed by atoms with E-state index in [-0.39, 0.29) is 11.5 Å². The van der Waals surface area contributed by atoms with Crippen LogP contribution in [0.5, 0.6) is 0 Å². The van der Waals surface area contributed by atoms with Crippen LogP contribution in [0.15, 0.2) is 146 Å². The first-order valence-electron chi connectivity index (χ1n) is 14.7. The zero-order valence-electron chi connectivity index (χ0n) is 23.6. The van der Waals surface area contributed by atoms with E-state index in [0.717, 1.165) is 22.3 Å². The van der Waals surface area contributed by atoms with E-state index in [9.17, 15) is 14.0 Å². The summed E-state index contributed by atoms with van der Waals surface area (Å²) < 4.78 is 14.0. The van der Waals surface area contributed by atoms with Crippen molar-refractivity contribution in [2.45, 2.75) is 10.8 Å². The van der Waals surface area contributed by atoms with Gasteiger partial charge in [0.1, 0.15) is 5.82 Å². The predicted molar refractivity (Wildman–Crippen MR) is 167 cm³/mol. The predicted octanol–water partition coefficient (Wildman–Crippen LogP) is 7.01. The van der Waals surface area contributed by atoms with Gasteiger partial charge in [0.15, 0.2) is 5.78 Å². The number of carbonyl (C=O) groups excluding carboxylic acids is 3. The van der Waals surface area contributed by atoms with Gasteiger partial charge in [-0.15, -0.1) is 0 Å². The van der Waals surface area contributed by atoms with Crippen LogP contribution in [0.3, 0.4) is 0 Å². The fourth-order valence-corrected chi connectivity index (χ4v) is 8.18. The maximum Gasteiger partial charge on any atom is 0.239 e. The van der Waals surface area contributed by atoms with Crippen molar-refractivity contribution in [2.24, 2.45) is 11.8 Å². The van der Waals surface area contributed by atoms with Gasteiger partial charge in [0, 0.05) is 0 Å². The highest BCUT2D eigenvalue weighted by Crippen LogP contribution is 2.74. The topological polar surface area (TPSA) is 54.5 Å². The summed E-state index contributed by atoms with van der Waals surface area (Å²) in [5.41, 5.74) is 1.83. The van der Waals surface area contributed by atoms with Gasteiger partial charge in [0.05, 0.1) is 28.4 Å². The minimum Gasteiger partial charge on any atom is -0.297 e. The molecule has 0 aromatic heterocycles. The molecule has 2 amide bonds. The lowest BCUT2D eigenvalue weighted by Crippen LogP contribution is -2.45. The number of allylic oxidation sites excluding steroid dienone is 2. The second-order valence-corrected chi connectivity index (χ2v) is 11.6. The molecule has 44 heavy (non-hydrogen) atoms. The van der Waals surface area contributed by atoms with Crippen molar-refractivity contribution in [3.8, 4) is 0 Å². The summed E-state index contributed by atoms with van der Waals surface area (Å²) in [4.78, 5) is 46.6. The van der Waals surface area contributed by atoms with Gasteiger partial charge in [-0.1, -0.05) is 121 Å². The van der Waals surface area contributed by atoms with Crippen LogP contribution in [0.25, 0.3) is 11.1 Å². The molecule has 0 unspecified atom stereocenters. The van der Waals surface area contributed by atoms with Crippen molar-refractivity contribution >= 4 is 34.4 Å². The standard InChI is InChI=1S/C39H26FNO3/c40-29-21-23-30(24-22-29)41-35(42)33-34(36(41)43)39(28-19-11-4-12-20-28)32(26-15-7-2-8-16-26)31(25-13-5-1-6-14-25)38(33,37(39)44)27-17-9-3-10-18-27/h1-24,33-34H/t33-,34-,38+,39+/m1/s1. The fourth-order valence-electron chi connectivity index (χ4n) is 8.18. The van der Waals surface area contributed by atoms with Gasteiger partial charge in [0.25, 0.3) is 0 Å². The number of halogens is 1. The maximum absolute atomic E-state index is 15.8. The summed E-state index contributed by atoms with van der Waals surface area (Å²) >= 11 is 0. The van der Waals surface area contributed by atoms with Crippen molar-refractivity contribution in [2.75, 3.05) is 4.90 Å². The number of hydrogen-bond donors (Lipinski definition) is 0. The zero-order valence-corrected chi connectivity index (χ0v) is 23.6. The molecule has 5 aromatic carbocycles. The number of imide groups is 1. The van der Waals surface area contributed by atoms with E-state index in [4.69, 9.17) is 0 Å². The molecule has 3 aliphatic rings. The quantitative estimate of drug-likeness (QED) is 0.212. The Morgan fingerprint density at radius 1 is 0.477 bits per heavy atom. The molecule has 1 heterocycles. The third kappa shape index (κ3) is 3.18. The number of nitrogens with zero attached hydrogens (tertiary/aromatic N) is 1. The monoisotopic (exact) mass is 575 g/mol. The first-order chi connectivity index (χ1) is 21.5. The number of rotatable bonds is 5. The molecule has 0 radical (unpaired) electrons. The number of benzene rings is 5. The Labute approximate surface area is 254 Å². The van der Waals surface area contributed by atoms with E-state index < -0.39 is 40.3 Å². The molecule has 1 aliphatic heterocycles. The van der Waals surface area contributed by atoms with Crippen molar-refractivity contribution in [3.05, 3.63) is 174 Å². The molecule has 5 heteroatoms. The van der Waals surface area contributed by atoms with Crippen LogP contribution in [0.1, 0.15) is 22.3 Å². The van der Waals surface area contributed by atoms with Crippen molar-refractivity contribution < 1.29 is 18.8 Å². The summed E-state index contributed by atoms with van der Waals surface area (Å²) in [5, 5.41) is 0. The highest BCUT2D eigenvalue weighted by Gasteiger charge is 2.82. The van der Waals surface area contributed by atoms with Gasteiger partial charge >= 0.3 is 0 Å². The van der Waals surface area contributed by atoms with Gasteiger partial charge in [-0.05, 0) is 57.7 Å². The summed E-state index contributed by atoms with van der Waals surface area (Å²) in [6, 6.07) is 43.7. The third-order valence-corrected chi connectivity index (χ3v) is 9.66.